The molecule has 0 aromatic heterocycles. The van der Waals surface area contributed by atoms with Crippen LogP contribution in [0.2, 0.25) is 0 Å². The van der Waals surface area contributed by atoms with Gasteiger partial charge < -0.3 is 5.32 Å². The Hall–Kier alpha value is -0.820. The molecular weight excluding hydrogens is 194 g/mol. The predicted octanol–water partition coefficient (Wildman–Crippen LogP) is 3.73. The van der Waals surface area contributed by atoms with Gasteiger partial charge in [-0.15, -0.1) is 0 Å². The lowest BCUT2D eigenvalue weighted by molar-refractivity contribution is 0.372. The van der Waals surface area contributed by atoms with Crippen molar-refractivity contribution in [3.05, 3.63) is 34.9 Å². The first-order chi connectivity index (χ1) is 7.75. The van der Waals surface area contributed by atoms with Crippen molar-refractivity contribution in [2.24, 2.45) is 0 Å². The van der Waals surface area contributed by atoms with E-state index in [9.17, 15) is 0 Å². The lowest BCUT2D eigenvalue weighted by atomic mass is 9.95. The normalized spacial score (nSPS) is 17.6. The molecule has 1 aromatic carbocycles. The van der Waals surface area contributed by atoms with Gasteiger partial charge in [-0.05, 0) is 37.8 Å². The molecule has 1 aliphatic rings. The van der Waals surface area contributed by atoms with Gasteiger partial charge in [0.2, 0.25) is 0 Å². The summed E-state index contributed by atoms with van der Waals surface area (Å²) in [4.78, 5) is 0. The van der Waals surface area contributed by atoms with E-state index in [2.05, 4.69) is 37.4 Å². The van der Waals surface area contributed by atoms with Crippen molar-refractivity contribution in [1.29, 1.82) is 0 Å². The number of aryl methyl sites for hydroxylation is 2. The number of nitrogens with one attached hydrogen (secondary N) is 1. The highest BCUT2D eigenvalue weighted by Gasteiger charge is 2.12. The molecule has 0 bridgehead atoms. The molecule has 0 aliphatic heterocycles. The van der Waals surface area contributed by atoms with Crippen LogP contribution in [0.3, 0.4) is 0 Å². The summed E-state index contributed by atoms with van der Waals surface area (Å²) in [6.45, 7) is 5.42. The highest BCUT2D eigenvalue weighted by molar-refractivity contribution is 5.30. The van der Waals surface area contributed by atoms with Gasteiger partial charge in [-0.25, -0.2) is 0 Å². The maximum atomic E-state index is 3.71. The fraction of sp³-hybridized carbons (Fsp3) is 0.600. The Balaban J connectivity index is 1.90. The molecule has 0 spiro atoms. The van der Waals surface area contributed by atoms with Crippen LogP contribution in [-0.4, -0.2) is 6.04 Å². The summed E-state index contributed by atoms with van der Waals surface area (Å²) < 4.78 is 0. The third-order valence-electron chi connectivity index (χ3n) is 3.69. The molecule has 1 aromatic rings. The summed E-state index contributed by atoms with van der Waals surface area (Å²) in [5.74, 6) is 0. The van der Waals surface area contributed by atoms with Crippen LogP contribution >= 0.6 is 0 Å². The third-order valence-corrected chi connectivity index (χ3v) is 3.69. The van der Waals surface area contributed by atoms with Gasteiger partial charge in [-0.2, -0.15) is 0 Å². The van der Waals surface area contributed by atoms with Crippen molar-refractivity contribution in [2.75, 3.05) is 0 Å². The molecular formula is C15H23N. The Morgan fingerprint density at radius 1 is 1.12 bits per heavy atom. The van der Waals surface area contributed by atoms with Crippen molar-refractivity contribution in [3.63, 3.8) is 0 Å². The monoisotopic (exact) mass is 217 g/mol. The zero-order valence-corrected chi connectivity index (χ0v) is 10.6. The Kier molecular flexibility index (Phi) is 4.00. The van der Waals surface area contributed by atoms with E-state index in [-0.39, 0.29) is 0 Å². The fourth-order valence-corrected chi connectivity index (χ4v) is 2.55. The van der Waals surface area contributed by atoms with Crippen LogP contribution in [0.4, 0.5) is 0 Å². The Morgan fingerprint density at radius 2 is 1.88 bits per heavy atom. The van der Waals surface area contributed by atoms with E-state index in [1.165, 1.54) is 48.8 Å². The largest absolute Gasteiger partial charge is 0.310 e. The minimum Gasteiger partial charge on any atom is -0.310 e. The molecule has 0 heterocycles. The van der Waals surface area contributed by atoms with E-state index in [1.54, 1.807) is 0 Å². The van der Waals surface area contributed by atoms with Crippen molar-refractivity contribution in [1.82, 2.24) is 5.32 Å². The molecule has 88 valence electrons. The van der Waals surface area contributed by atoms with Crippen molar-refractivity contribution in [2.45, 2.75) is 58.5 Å². The molecule has 1 nitrogen and oxygen atoms in total. The molecule has 1 aliphatic carbocycles. The first-order valence-electron chi connectivity index (χ1n) is 6.55. The van der Waals surface area contributed by atoms with Gasteiger partial charge in [0.05, 0.1) is 0 Å². The number of hydrogen-bond donors (Lipinski definition) is 1. The van der Waals surface area contributed by atoms with E-state index in [0.717, 1.165) is 12.6 Å². The average molecular weight is 217 g/mol. The Bertz CT molecular complexity index is 337. The van der Waals surface area contributed by atoms with Crippen molar-refractivity contribution in [3.8, 4) is 0 Å². The van der Waals surface area contributed by atoms with Crippen LogP contribution in [0.5, 0.6) is 0 Å². The van der Waals surface area contributed by atoms with E-state index in [0.29, 0.717) is 0 Å². The molecule has 0 radical (unpaired) electrons. The first kappa shape index (κ1) is 11.7. The molecule has 16 heavy (non-hydrogen) atoms. The van der Waals surface area contributed by atoms with Gasteiger partial charge in [0.1, 0.15) is 0 Å². The molecule has 1 N–H and O–H groups in total. The van der Waals surface area contributed by atoms with Gasteiger partial charge >= 0.3 is 0 Å². The number of rotatable bonds is 3. The Morgan fingerprint density at radius 3 is 2.62 bits per heavy atom. The lowest BCUT2D eigenvalue weighted by Gasteiger charge is -2.23. The summed E-state index contributed by atoms with van der Waals surface area (Å²) >= 11 is 0. The van der Waals surface area contributed by atoms with Gasteiger partial charge in [0.25, 0.3) is 0 Å². The molecule has 0 amide bonds. The number of benzene rings is 1. The SMILES string of the molecule is Cc1ccc(C)c(CNC2CCCCC2)c1. The van der Waals surface area contributed by atoms with E-state index in [4.69, 9.17) is 0 Å². The van der Waals surface area contributed by atoms with E-state index < -0.39 is 0 Å². The predicted molar refractivity (Wildman–Crippen MR) is 69.6 cm³/mol. The van der Waals surface area contributed by atoms with Crippen LogP contribution < -0.4 is 5.32 Å². The molecule has 1 saturated carbocycles. The van der Waals surface area contributed by atoms with Crippen LogP contribution in [0.25, 0.3) is 0 Å². The van der Waals surface area contributed by atoms with Crippen molar-refractivity contribution < 1.29 is 0 Å². The van der Waals surface area contributed by atoms with Gasteiger partial charge in [-0.3, -0.25) is 0 Å². The minimum atomic E-state index is 0.758. The molecule has 1 heteroatoms. The zero-order chi connectivity index (χ0) is 11.4. The second-order valence-electron chi connectivity index (χ2n) is 5.15. The lowest BCUT2D eigenvalue weighted by Crippen LogP contribution is -2.30. The third kappa shape index (κ3) is 3.08. The smallest absolute Gasteiger partial charge is 0.0210 e. The minimum absolute atomic E-state index is 0.758. The Labute approximate surface area is 99.3 Å². The molecule has 1 fully saturated rings. The summed E-state index contributed by atoms with van der Waals surface area (Å²) in [6.07, 6.45) is 6.98. The summed E-state index contributed by atoms with van der Waals surface area (Å²) in [7, 11) is 0. The zero-order valence-electron chi connectivity index (χ0n) is 10.6. The molecule has 0 atom stereocenters. The van der Waals surface area contributed by atoms with Gasteiger partial charge in [-0.1, -0.05) is 43.0 Å². The molecule has 0 unspecified atom stereocenters. The highest BCUT2D eigenvalue weighted by Crippen LogP contribution is 2.18. The van der Waals surface area contributed by atoms with Crippen LogP contribution in [-0.2, 0) is 6.54 Å². The van der Waals surface area contributed by atoms with Crippen LogP contribution in [0, 0.1) is 13.8 Å². The van der Waals surface area contributed by atoms with Crippen LogP contribution in [0.15, 0.2) is 18.2 Å². The summed E-state index contributed by atoms with van der Waals surface area (Å²) in [5, 5.41) is 3.71. The topological polar surface area (TPSA) is 12.0 Å². The molecule has 0 saturated heterocycles. The fourth-order valence-electron chi connectivity index (χ4n) is 2.55. The van der Waals surface area contributed by atoms with Gasteiger partial charge in [0.15, 0.2) is 0 Å². The summed E-state index contributed by atoms with van der Waals surface area (Å²) in [6, 6.07) is 7.49. The second kappa shape index (κ2) is 5.49. The average Bonchev–Trinajstić information content (AvgIpc) is 2.32. The standard InChI is InChI=1S/C15H23N/c1-12-8-9-13(2)14(10-12)11-16-15-6-4-3-5-7-15/h8-10,15-16H,3-7,11H2,1-2H3. The summed E-state index contributed by atoms with van der Waals surface area (Å²) in [5.41, 5.74) is 4.24. The van der Waals surface area contributed by atoms with E-state index in [1.807, 2.05) is 0 Å². The highest BCUT2D eigenvalue weighted by atomic mass is 14.9. The second-order valence-corrected chi connectivity index (χ2v) is 5.15. The van der Waals surface area contributed by atoms with Crippen molar-refractivity contribution >= 4 is 0 Å². The number of hydrogen-bond acceptors (Lipinski definition) is 1. The van der Waals surface area contributed by atoms with E-state index >= 15 is 0 Å². The quantitative estimate of drug-likeness (QED) is 0.813. The maximum absolute atomic E-state index is 3.71. The molecule has 2 rings (SSSR count). The van der Waals surface area contributed by atoms with Crippen LogP contribution in [0.1, 0.15) is 48.8 Å². The maximum Gasteiger partial charge on any atom is 0.0210 e. The first-order valence-corrected chi connectivity index (χ1v) is 6.55. The van der Waals surface area contributed by atoms with Gasteiger partial charge in [0, 0.05) is 12.6 Å².